The van der Waals surface area contributed by atoms with Crippen molar-refractivity contribution >= 4 is 5.97 Å². The topological polar surface area (TPSA) is 29.5 Å². The van der Waals surface area contributed by atoms with Crippen LogP contribution in [0.1, 0.15) is 47.5 Å². The molecule has 0 aliphatic rings. The molecule has 0 aliphatic heterocycles. The molecule has 3 nitrogen and oxygen atoms in total. The van der Waals surface area contributed by atoms with Crippen LogP contribution in [0.15, 0.2) is 0 Å². The van der Waals surface area contributed by atoms with Crippen molar-refractivity contribution in [1.82, 2.24) is 4.90 Å². The van der Waals surface area contributed by atoms with Gasteiger partial charge < -0.3 is 4.74 Å². The van der Waals surface area contributed by atoms with Crippen LogP contribution < -0.4 is 0 Å². The predicted octanol–water partition coefficient (Wildman–Crippen LogP) is 2.70. The van der Waals surface area contributed by atoms with Crippen LogP contribution in [0.3, 0.4) is 0 Å². The van der Waals surface area contributed by atoms with E-state index in [1.54, 1.807) is 0 Å². The number of hydrogen-bond donors (Lipinski definition) is 0. The van der Waals surface area contributed by atoms with Crippen LogP contribution in [0.25, 0.3) is 0 Å². The summed E-state index contributed by atoms with van der Waals surface area (Å²) in [6, 6.07) is -0.0704. The fourth-order valence-electron chi connectivity index (χ4n) is 1.82. The van der Waals surface area contributed by atoms with Crippen LogP contribution in [0.2, 0.25) is 0 Å². The SMILES string of the molecule is CCOC(=O)C(CC)N(CC)CC(C)CC. The Hall–Kier alpha value is -0.570. The molecule has 0 aromatic heterocycles. The monoisotopic (exact) mass is 229 g/mol. The van der Waals surface area contributed by atoms with Gasteiger partial charge in [0.05, 0.1) is 6.61 Å². The Morgan fingerprint density at radius 2 is 1.81 bits per heavy atom. The lowest BCUT2D eigenvalue weighted by Crippen LogP contribution is -2.43. The van der Waals surface area contributed by atoms with E-state index in [4.69, 9.17) is 4.74 Å². The standard InChI is InChI=1S/C13H27NO2/c1-6-11(5)10-14(8-3)12(7-2)13(15)16-9-4/h11-12H,6-10H2,1-5H3. The second-order valence-corrected chi connectivity index (χ2v) is 4.28. The maximum atomic E-state index is 11.8. The van der Waals surface area contributed by atoms with Crippen LogP contribution in [-0.2, 0) is 9.53 Å². The molecule has 2 atom stereocenters. The Morgan fingerprint density at radius 1 is 1.19 bits per heavy atom. The minimum absolute atomic E-state index is 0.0704. The lowest BCUT2D eigenvalue weighted by atomic mass is 10.1. The zero-order chi connectivity index (χ0) is 12.6. The van der Waals surface area contributed by atoms with Gasteiger partial charge in [-0.15, -0.1) is 0 Å². The van der Waals surface area contributed by atoms with Crippen molar-refractivity contribution in [2.45, 2.75) is 53.5 Å². The summed E-state index contributed by atoms with van der Waals surface area (Å²) in [7, 11) is 0. The average Bonchev–Trinajstić information content (AvgIpc) is 2.28. The fourth-order valence-corrected chi connectivity index (χ4v) is 1.82. The summed E-state index contributed by atoms with van der Waals surface area (Å²) in [4.78, 5) is 14.0. The van der Waals surface area contributed by atoms with Crippen molar-refractivity contribution in [1.29, 1.82) is 0 Å². The van der Waals surface area contributed by atoms with Crippen LogP contribution in [0.5, 0.6) is 0 Å². The first kappa shape index (κ1) is 15.4. The molecule has 0 N–H and O–H groups in total. The highest BCUT2D eigenvalue weighted by atomic mass is 16.5. The average molecular weight is 229 g/mol. The molecule has 0 bridgehead atoms. The molecule has 96 valence electrons. The minimum Gasteiger partial charge on any atom is -0.465 e. The first-order chi connectivity index (χ1) is 7.60. The summed E-state index contributed by atoms with van der Waals surface area (Å²) in [5, 5.41) is 0. The van der Waals surface area contributed by atoms with E-state index in [9.17, 15) is 4.79 Å². The van der Waals surface area contributed by atoms with Crippen molar-refractivity contribution < 1.29 is 9.53 Å². The van der Waals surface area contributed by atoms with Crippen molar-refractivity contribution in [3.8, 4) is 0 Å². The summed E-state index contributed by atoms with van der Waals surface area (Å²) < 4.78 is 5.11. The molecule has 16 heavy (non-hydrogen) atoms. The quantitative estimate of drug-likeness (QED) is 0.599. The number of hydrogen-bond acceptors (Lipinski definition) is 3. The molecule has 0 spiro atoms. The van der Waals surface area contributed by atoms with Gasteiger partial charge in [0.15, 0.2) is 0 Å². The smallest absolute Gasteiger partial charge is 0.323 e. The van der Waals surface area contributed by atoms with Crippen LogP contribution in [0.4, 0.5) is 0 Å². The highest BCUT2D eigenvalue weighted by Gasteiger charge is 2.24. The maximum Gasteiger partial charge on any atom is 0.323 e. The Kier molecular flexibility index (Phi) is 8.26. The van der Waals surface area contributed by atoms with Gasteiger partial charge in [-0.25, -0.2) is 0 Å². The highest BCUT2D eigenvalue weighted by molar-refractivity contribution is 5.75. The highest BCUT2D eigenvalue weighted by Crippen LogP contribution is 2.11. The van der Waals surface area contributed by atoms with Crippen molar-refractivity contribution in [3.05, 3.63) is 0 Å². The molecule has 0 amide bonds. The van der Waals surface area contributed by atoms with E-state index in [2.05, 4.69) is 25.7 Å². The lowest BCUT2D eigenvalue weighted by molar-refractivity contribution is -0.149. The van der Waals surface area contributed by atoms with Gasteiger partial charge in [-0.05, 0) is 25.8 Å². The van der Waals surface area contributed by atoms with E-state index in [1.165, 1.54) is 0 Å². The lowest BCUT2D eigenvalue weighted by Gasteiger charge is -2.30. The van der Waals surface area contributed by atoms with E-state index >= 15 is 0 Å². The van der Waals surface area contributed by atoms with E-state index in [0.29, 0.717) is 12.5 Å². The molecule has 0 saturated carbocycles. The third kappa shape index (κ3) is 4.97. The number of carbonyl (C=O) groups excluding carboxylic acids is 1. The molecule has 0 rings (SSSR count). The molecule has 0 saturated heterocycles. The zero-order valence-corrected chi connectivity index (χ0v) is 11.5. The number of rotatable bonds is 8. The number of ether oxygens (including phenoxy) is 1. The summed E-state index contributed by atoms with van der Waals surface area (Å²) in [6.07, 6.45) is 1.97. The van der Waals surface area contributed by atoms with Gasteiger partial charge in [0.25, 0.3) is 0 Å². The van der Waals surface area contributed by atoms with E-state index in [-0.39, 0.29) is 12.0 Å². The van der Waals surface area contributed by atoms with Gasteiger partial charge in [-0.3, -0.25) is 9.69 Å². The Balaban J connectivity index is 4.43. The Morgan fingerprint density at radius 3 is 2.19 bits per heavy atom. The second kappa shape index (κ2) is 8.57. The van der Waals surface area contributed by atoms with Gasteiger partial charge in [0.2, 0.25) is 0 Å². The minimum atomic E-state index is -0.0739. The maximum absolute atomic E-state index is 11.8. The van der Waals surface area contributed by atoms with Crippen LogP contribution >= 0.6 is 0 Å². The zero-order valence-electron chi connectivity index (χ0n) is 11.5. The molecule has 0 heterocycles. The first-order valence-corrected chi connectivity index (χ1v) is 6.51. The third-order valence-electron chi connectivity index (χ3n) is 3.04. The second-order valence-electron chi connectivity index (χ2n) is 4.28. The molecule has 0 aliphatic carbocycles. The Labute approximate surface area is 100 Å². The van der Waals surface area contributed by atoms with E-state index < -0.39 is 0 Å². The molecular formula is C13H27NO2. The van der Waals surface area contributed by atoms with Gasteiger partial charge in [-0.1, -0.05) is 34.1 Å². The third-order valence-corrected chi connectivity index (χ3v) is 3.04. The first-order valence-electron chi connectivity index (χ1n) is 6.51. The summed E-state index contributed by atoms with van der Waals surface area (Å²) in [5.74, 6) is 0.554. The van der Waals surface area contributed by atoms with Crippen molar-refractivity contribution in [2.24, 2.45) is 5.92 Å². The summed E-state index contributed by atoms with van der Waals surface area (Å²) in [6.45, 7) is 12.8. The van der Waals surface area contributed by atoms with E-state index in [1.807, 2.05) is 13.8 Å². The molecule has 0 radical (unpaired) electrons. The predicted molar refractivity (Wildman–Crippen MR) is 67.4 cm³/mol. The molecule has 0 aromatic carbocycles. The largest absolute Gasteiger partial charge is 0.465 e. The fraction of sp³-hybridized carbons (Fsp3) is 0.923. The summed E-state index contributed by atoms with van der Waals surface area (Å²) >= 11 is 0. The van der Waals surface area contributed by atoms with Gasteiger partial charge in [-0.2, -0.15) is 0 Å². The molecule has 2 unspecified atom stereocenters. The van der Waals surface area contributed by atoms with Gasteiger partial charge >= 0.3 is 5.97 Å². The van der Waals surface area contributed by atoms with Crippen LogP contribution in [-0.4, -0.2) is 36.6 Å². The van der Waals surface area contributed by atoms with Crippen molar-refractivity contribution in [2.75, 3.05) is 19.7 Å². The van der Waals surface area contributed by atoms with Gasteiger partial charge in [0, 0.05) is 6.54 Å². The van der Waals surface area contributed by atoms with Crippen molar-refractivity contribution in [3.63, 3.8) is 0 Å². The molecular weight excluding hydrogens is 202 g/mol. The van der Waals surface area contributed by atoms with E-state index in [0.717, 1.165) is 25.9 Å². The summed E-state index contributed by atoms with van der Waals surface area (Å²) in [5.41, 5.74) is 0. The normalized spacial score (nSPS) is 14.9. The molecule has 3 heteroatoms. The molecule has 0 aromatic rings. The number of nitrogens with zero attached hydrogens (tertiary/aromatic N) is 1. The van der Waals surface area contributed by atoms with Gasteiger partial charge in [0.1, 0.15) is 6.04 Å². The Bertz CT molecular complexity index is 194. The molecule has 0 fully saturated rings. The number of esters is 1. The van der Waals surface area contributed by atoms with Crippen LogP contribution in [0, 0.1) is 5.92 Å². The number of likely N-dealkylation sites (N-methyl/N-ethyl adjacent to an activating group) is 1. The number of carbonyl (C=O) groups is 1.